The van der Waals surface area contributed by atoms with E-state index in [4.69, 9.17) is 0 Å². The van der Waals surface area contributed by atoms with Gasteiger partial charge < -0.3 is 0 Å². The Hall–Kier alpha value is -2.81. The van der Waals surface area contributed by atoms with Gasteiger partial charge in [0.15, 0.2) is 11.6 Å². The van der Waals surface area contributed by atoms with E-state index in [1.807, 2.05) is 19.1 Å². The molecule has 3 aromatic carbocycles. The highest BCUT2D eigenvalue weighted by Gasteiger charge is 2.28. The van der Waals surface area contributed by atoms with E-state index in [-0.39, 0.29) is 11.4 Å². The zero-order valence-electron chi connectivity index (χ0n) is 23.4. The highest BCUT2D eigenvalue weighted by molar-refractivity contribution is 5.74. The Morgan fingerprint density at radius 3 is 1.95 bits per heavy atom. The van der Waals surface area contributed by atoms with Crippen LogP contribution in [0.2, 0.25) is 0 Å². The molecule has 0 aromatic heterocycles. The van der Waals surface area contributed by atoms with Crippen molar-refractivity contribution >= 4 is 5.57 Å². The van der Waals surface area contributed by atoms with Crippen molar-refractivity contribution in [2.75, 3.05) is 0 Å². The fourth-order valence-electron chi connectivity index (χ4n) is 6.95. The number of aryl methyl sites for hydroxylation is 1. The smallest absolute Gasteiger partial charge is 0.166 e. The Morgan fingerprint density at radius 1 is 0.667 bits per heavy atom. The maximum atomic E-state index is 15.3. The summed E-state index contributed by atoms with van der Waals surface area (Å²) in [6.07, 6.45) is 15.2. The fourth-order valence-corrected chi connectivity index (χ4v) is 6.95. The lowest BCUT2D eigenvalue weighted by molar-refractivity contribution is 0.189. The number of allylic oxidation sites excluding steroid dienone is 2. The SMILES string of the molecule is CCCc1ccc(-c2ccc(-c3ccc(C4=CCC(C5CCC(CCC)CC5)CC4)cc3F)cc2)c(F)c1F. The van der Waals surface area contributed by atoms with Crippen molar-refractivity contribution < 1.29 is 13.2 Å². The van der Waals surface area contributed by atoms with Crippen molar-refractivity contribution in [1.29, 1.82) is 0 Å². The van der Waals surface area contributed by atoms with Gasteiger partial charge in [0.2, 0.25) is 0 Å². The Labute approximate surface area is 232 Å². The molecule has 1 unspecified atom stereocenters. The van der Waals surface area contributed by atoms with Crippen LogP contribution in [0.25, 0.3) is 27.8 Å². The molecular formula is C36H41F3. The fraction of sp³-hybridized carbons (Fsp3) is 0.444. The molecule has 39 heavy (non-hydrogen) atoms. The topological polar surface area (TPSA) is 0 Å². The van der Waals surface area contributed by atoms with E-state index in [0.29, 0.717) is 23.1 Å². The van der Waals surface area contributed by atoms with Crippen LogP contribution in [0.4, 0.5) is 13.2 Å². The van der Waals surface area contributed by atoms with Crippen LogP contribution in [0.3, 0.4) is 0 Å². The lowest BCUT2D eigenvalue weighted by Crippen LogP contribution is -2.23. The van der Waals surface area contributed by atoms with Gasteiger partial charge in [-0.1, -0.05) is 101 Å². The molecule has 3 aromatic rings. The summed E-state index contributed by atoms with van der Waals surface area (Å²) >= 11 is 0. The van der Waals surface area contributed by atoms with Crippen molar-refractivity contribution in [3.05, 3.63) is 89.3 Å². The Kier molecular flexibility index (Phi) is 8.95. The maximum absolute atomic E-state index is 15.3. The lowest BCUT2D eigenvalue weighted by Gasteiger charge is -2.35. The van der Waals surface area contributed by atoms with Crippen LogP contribution in [0, 0.1) is 35.2 Å². The highest BCUT2D eigenvalue weighted by Crippen LogP contribution is 2.42. The summed E-state index contributed by atoms with van der Waals surface area (Å²) in [4.78, 5) is 0. The van der Waals surface area contributed by atoms with Crippen molar-refractivity contribution in [3.8, 4) is 22.3 Å². The van der Waals surface area contributed by atoms with Gasteiger partial charge in [-0.05, 0) is 90.2 Å². The van der Waals surface area contributed by atoms with Crippen molar-refractivity contribution in [3.63, 3.8) is 0 Å². The first-order chi connectivity index (χ1) is 19.0. The Balaban J connectivity index is 1.25. The van der Waals surface area contributed by atoms with Crippen molar-refractivity contribution in [2.45, 2.75) is 84.5 Å². The molecular weight excluding hydrogens is 489 g/mol. The van der Waals surface area contributed by atoms with Gasteiger partial charge in [0.05, 0.1) is 0 Å². The van der Waals surface area contributed by atoms with Crippen LogP contribution in [0.1, 0.15) is 89.2 Å². The zero-order valence-corrected chi connectivity index (χ0v) is 23.4. The first-order valence-electron chi connectivity index (χ1n) is 15.0. The van der Waals surface area contributed by atoms with Gasteiger partial charge in [0.1, 0.15) is 5.82 Å². The molecule has 1 saturated carbocycles. The predicted octanol–water partition coefficient (Wildman–Crippen LogP) is 11.2. The van der Waals surface area contributed by atoms with E-state index in [9.17, 15) is 8.78 Å². The van der Waals surface area contributed by atoms with Crippen molar-refractivity contribution in [1.82, 2.24) is 0 Å². The summed E-state index contributed by atoms with van der Waals surface area (Å²) in [5.41, 5.74) is 4.69. The average molecular weight is 531 g/mol. The first-order valence-corrected chi connectivity index (χ1v) is 15.0. The summed E-state index contributed by atoms with van der Waals surface area (Å²) < 4.78 is 44.4. The molecule has 0 nitrogen and oxygen atoms in total. The summed E-state index contributed by atoms with van der Waals surface area (Å²) in [6, 6.07) is 15.9. The summed E-state index contributed by atoms with van der Waals surface area (Å²) in [5.74, 6) is 0.732. The normalized spacial score (nSPS) is 21.6. The first kappa shape index (κ1) is 27.7. The molecule has 2 aliphatic rings. The molecule has 5 rings (SSSR count). The Morgan fingerprint density at radius 2 is 1.33 bits per heavy atom. The summed E-state index contributed by atoms with van der Waals surface area (Å²) in [6.45, 7) is 4.24. The molecule has 0 bridgehead atoms. The minimum absolute atomic E-state index is 0.228. The number of benzene rings is 3. The van der Waals surface area contributed by atoms with E-state index in [0.717, 1.165) is 48.1 Å². The van der Waals surface area contributed by atoms with Crippen LogP contribution in [0.15, 0.2) is 60.7 Å². The lowest BCUT2D eigenvalue weighted by atomic mass is 9.70. The van der Waals surface area contributed by atoms with Gasteiger partial charge in [-0.15, -0.1) is 0 Å². The largest absolute Gasteiger partial charge is 0.206 e. The number of hydrogen-bond acceptors (Lipinski definition) is 0. The second-order valence-electron chi connectivity index (χ2n) is 11.8. The van der Waals surface area contributed by atoms with Gasteiger partial charge in [-0.25, -0.2) is 13.2 Å². The van der Waals surface area contributed by atoms with E-state index >= 15 is 4.39 Å². The monoisotopic (exact) mass is 530 g/mol. The molecule has 0 spiro atoms. The molecule has 0 heterocycles. The van der Waals surface area contributed by atoms with E-state index in [1.165, 1.54) is 50.5 Å². The molecule has 1 atom stereocenters. The molecule has 0 radical (unpaired) electrons. The second-order valence-corrected chi connectivity index (χ2v) is 11.8. The van der Waals surface area contributed by atoms with Gasteiger partial charge in [-0.2, -0.15) is 0 Å². The highest BCUT2D eigenvalue weighted by atomic mass is 19.2. The molecule has 0 saturated heterocycles. The summed E-state index contributed by atoms with van der Waals surface area (Å²) in [5, 5.41) is 0. The quantitative estimate of drug-likeness (QED) is 0.272. The van der Waals surface area contributed by atoms with Gasteiger partial charge in [0, 0.05) is 11.1 Å². The molecule has 0 amide bonds. The van der Waals surface area contributed by atoms with Gasteiger partial charge in [0.25, 0.3) is 0 Å². The van der Waals surface area contributed by atoms with Crippen molar-refractivity contribution in [2.24, 2.45) is 17.8 Å². The third-order valence-electron chi connectivity index (χ3n) is 9.23. The van der Waals surface area contributed by atoms with Crippen LogP contribution < -0.4 is 0 Å². The molecule has 0 aliphatic heterocycles. The third kappa shape index (κ3) is 6.18. The predicted molar refractivity (Wildman–Crippen MR) is 157 cm³/mol. The molecule has 3 heteroatoms. The molecule has 206 valence electrons. The van der Waals surface area contributed by atoms with Crippen LogP contribution >= 0.6 is 0 Å². The minimum atomic E-state index is -0.823. The summed E-state index contributed by atoms with van der Waals surface area (Å²) in [7, 11) is 0. The average Bonchev–Trinajstić information content (AvgIpc) is 2.97. The third-order valence-corrected chi connectivity index (χ3v) is 9.23. The molecule has 1 fully saturated rings. The standard InChI is InChI=1S/C36H41F3/c1-3-5-24-7-9-25(10-8-24)26-11-13-27(14-12-26)31-20-21-32(34(37)23-31)28-15-17-29(18-16-28)33-22-19-30(6-4-2)35(38)36(33)39/h13,15-26H,3-12,14H2,1-2H3. The number of halogens is 3. The second kappa shape index (κ2) is 12.6. The van der Waals surface area contributed by atoms with Crippen LogP contribution in [-0.2, 0) is 6.42 Å². The minimum Gasteiger partial charge on any atom is -0.206 e. The van der Waals surface area contributed by atoms with Crippen LogP contribution in [0.5, 0.6) is 0 Å². The number of rotatable bonds is 8. The van der Waals surface area contributed by atoms with Crippen LogP contribution in [-0.4, -0.2) is 0 Å². The van der Waals surface area contributed by atoms with E-state index in [2.05, 4.69) is 13.0 Å². The van der Waals surface area contributed by atoms with Gasteiger partial charge in [-0.3, -0.25) is 0 Å². The van der Waals surface area contributed by atoms with Gasteiger partial charge >= 0.3 is 0 Å². The maximum Gasteiger partial charge on any atom is 0.166 e. The van der Waals surface area contributed by atoms with E-state index < -0.39 is 11.6 Å². The Bertz CT molecular complexity index is 1300. The number of hydrogen-bond donors (Lipinski definition) is 0. The zero-order chi connectivity index (χ0) is 27.4. The molecule has 2 aliphatic carbocycles. The van der Waals surface area contributed by atoms with E-state index in [1.54, 1.807) is 42.5 Å². The molecule has 0 N–H and O–H groups in total.